The normalized spacial score (nSPS) is 29.0. The maximum absolute atomic E-state index is 11.1. The number of hydrogen-bond acceptors (Lipinski definition) is 3. The summed E-state index contributed by atoms with van der Waals surface area (Å²) < 4.78 is 24.9. The Morgan fingerprint density at radius 3 is 2.71 bits per heavy atom. The maximum Gasteiger partial charge on any atom is 0.211 e. The molecule has 14 heavy (non-hydrogen) atoms. The summed E-state index contributed by atoms with van der Waals surface area (Å²) in [6.07, 6.45) is 3.37. The van der Waals surface area contributed by atoms with Gasteiger partial charge in [-0.1, -0.05) is 6.42 Å². The predicted octanol–water partition coefficient (Wildman–Crippen LogP) is 0.477. The minimum absolute atomic E-state index is 0.127. The predicted molar refractivity (Wildman–Crippen MR) is 55.4 cm³/mol. The van der Waals surface area contributed by atoms with Gasteiger partial charge in [-0.3, -0.25) is 0 Å². The zero-order valence-electron chi connectivity index (χ0n) is 8.57. The SMILES string of the molecule is CCS(=O)(=O)NCC1CCCC(O)C1. The molecule has 0 aliphatic heterocycles. The Balaban J connectivity index is 2.31. The second kappa shape index (κ2) is 5.09. The molecule has 0 bridgehead atoms. The molecule has 0 aromatic heterocycles. The van der Waals surface area contributed by atoms with E-state index in [1.807, 2.05) is 0 Å². The smallest absolute Gasteiger partial charge is 0.211 e. The Morgan fingerprint density at radius 1 is 1.43 bits per heavy atom. The van der Waals surface area contributed by atoms with Gasteiger partial charge in [-0.25, -0.2) is 13.1 Å². The first kappa shape index (κ1) is 11.9. The fourth-order valence-corrected chi connectivity index (χ4v) is 2.49. The Morgan fingerprint density at radius 2 is 2.14 bits per heavy atom. The minimum Gasteiger partial charge on any atom is -0.393 e. The number of aliphatic hydroxyl groups excluding tert-OH is 1. The second-order valence-electron chi connectivity index (χ2n) is 3.94. The Bertz CT molecular complexity index is 263. The summed E-state index contributed by atoms with van der Waals surface area (Å²) in [5.41, 5.74) is 0. The summed E-state index contributed by atoms with van der Waals surface area (Å²) in [4.78, 5) is 0. The molecule has 1 aliphatic carbocycles. The van der Waals surface area contributed by atoms with Gasteiger partial charge in [0, 0.05) is 6.54 Å². The van der Waals surface area contributed by atoms with Gasteiger partial charge in [-0.15, -0.1) is 0 Å². The van der Waals surface area contributed by atoms with Gasteiger partial charge in [0.25, 0.3) is 0 Å². The molecule has 0 saturated heterocycles. The molecule has 0 radical (unpaired) electrons. The lowest BCUT2D eigenvalue weighted by atomic mass is 9.87. The van der Waals surface area contributed by atoms with Gasteiger partial charge in [0.15, 0.2) is 0 Å². The molecule has 2 atom stereocenters. The average Bonchev–Trinajstić information content (AvgIpc) is 2.15. The lowest BCUT2D eigenvalue weighted by Crippen LogP contribution is -2.33. The van der Waals surface area contributed by atoms with Crippen molar-refractivity contribution in [1.29, 1.82) is 0 Å². The maximum atomic E-state index is 11.1. The molecule has 1 aliphatic rings. The largest absolute Gasteiger partial charge is 0.393 e. The first-order valence-electron chi connectivity index (χ1n) is 5.19. The molecule has 0 spiro atoms. The van der Waals surface area contributed by atoms with Crippen molar-refractivity contribution in [3.63, 3.8) is 0 Å². The van der Waals surface area contributed by atoms with E-state index in [0.29, 0.717) is 12.5 Å². The summed E-state index contributed by atoms with van der Waals surface area (Å²) in [7, 11) is -3.07. The third-order valence-corrected chi connectivity index (χ3v) is 4.09. The number of sulfonamides is 1. The monoisotopic (exact) mass is 221 g/mol. The molecule has 1 rings (SSSR count). The van der Waals surface area contributed by atoms with E-state index in [1.54, 1.807) is 6.92 Å². The van der Waals surface area contributed by atoms with Gasteiger partial charge in [0.2, 0.25) is 10.0 Å². The van der Waals surface area contributed by atoms with Gasteiger partial charge < -0.3 is 5.11 Å². The van der Waals surface area contributed by atoms with Crippen LogP contribution in [0.25, 0.3) is 0 Å². The number of hydrogen-bond donors (Lipinski definition) is 2. The highest BCUT2D eigenvalue weighted by Crippen LogP contribution is 2.23. The van der Waals surface area contributed by atoms with Crippen molar-refractivity contribution in [3.05, 3.63) is 0 Å². The van der Waals surface area contributed by atoms with E-state index in [0.717, 1.165) is 25.7 Å². The van der Waals surface area contributed by atoms with Gasteiger partial charge in [-0.2, -0.15) is 0 Å². The quantitative estimate of drug-likeness (QED) is 0.725. The van der Waals surface area contributed by atoms with Crippen molar-refractivity contribution in [2.24, 2.45) is 5.92 Å². The van der Waals surface area contributed by atoms with Crippen molar-refractivity contribution in [2.45, 2.75) is 38.7 Å². The summed E-state index contributed by atoms with van der Waals surface area (Å²) in [5.74, 6) is 0.433. The molecule has 84 valence electrons. The topological polar surface area (TPSA) is 66.4 Å². The molecule has 0 aromatic rings. The van der Waals surface area contributed by atoms with Crippen molar-refractivity contribution in [3.8, 4) is 0 Å². The highest BCUT2D eigenvalue weighted by atomic mass is 32.2. The zero-order valence-corrected chi connectivity index (χ0v) is 9.39. The summed E-state index contributed by atoms with van der Waals surface area (Å²) in [6, 6.07) is 0. The summed E-state index contributed by atoms with van der Waals surface area (Å²) >= 11 is 0. The van der Waals surface area contributed by atoms with Crippen LogP contribution < -0.4 is 4.72 Å². The van der Waals surface area contributed by atoms with E-state index >= 15 is 0 Å². The lowest BCUT2D eigenvalue weighted by molar-refractivity contribution is 0.102. The van der Waals surface area contributed by atoms with Crippen molar-refractivity contribution >= 4 is 10.0 Å². The van der Waals surface area contributed by atoms with Gasteiger partial charge in [-0.05, 0) is 32.1 Å². The number of nitrogens with one attached hydrogen (secondary N) is 1. The highest BCUT2D eigenvalue weighted by Gasteiger charge is 2.21. The van der Waals surface area contributed by atoms with Crippen molar-refractivity contribution in [1.82, 2.24) is 4.72 Å². The van der Waals surface area contributed by atoms with Crippen LogP contribution >= 0.6 is 0 Å². The number of aliphatic hydroxyl groups is 1. The van der Waals surface area contributed by atoms with E-state index in [4.69, 9.17) is 0 Å². The molecule has 5 heteroatoms. The van der Waals surface area contributed by atoms with Gasteiger partial charge in [0.1, 0.15) is 0 Å². The van der Waals surface area contributed by atoms with Crippen LogP contribution in [-0.2, 0) is 10.0 Å². The minimum atomic E-state index is -3.07. The molecule has 0 aromatic carbocycles. The van der Waals surface area contributed by atoms with Crippen molar-refractivity contribution < 1.29 is 13.5 Å². The Kier molecular flexibility index (Phi) is 4.34. The second-order valence-corrected chi connectivity index (χ2v) is 6.03. The molecule has 0 amide bonds. The molecule has 2 unspecified atom stereocenters. The Hall–Kier alpha value is -0.130. The van der Waals surface area contributed by atoms with E-state index < -0.39 is 10.0 Å². The third-order valence-electron chi connectivity index (χ3n) is 2.73. The molecule has 2 N–H and O–H groups in total. The highest BCUT2D eigenvalue weighted by molar-refractivity contribution is 7.89. The van der Waals surface area contributed by atoms with Crippen LogP contribution in [0.3, 0.4) is 0 Å². The molecule has 4 nitrogen and oxygen atoms in total. The van der Waals surface area contributed by atoms with E-state index in [2.05, 4.69) is 4.72 Å². The van der Waals surface area contributed by atoms with Crippen molar-refractivity contribution in [2.75, 3.05) is 12.3 Å². The van der Waals surface area contributed by atoms with E-state index in [9.17, 15) is 13.5 Å². The fraction of sp³-hybridized carbons (Fsp3) is 1.00. The third kappa shape index (κ3) is 3.94. The van der Waals surface area contributed by atoms with Crippen LogP contribution in [0.15, 0.2) is 0 Å². The first-order valence-corrected chi connectivity index (χ1v) is 6.84. The van der Waals surface area contributed by atoms with E-state index in [1.165, 1.54) is 0 Å². The molecule has 1 saturated carbocycles. The summed E-state index contributed by atoms with van der Waals surface area (Å²) in [6.45, 7) is 2.10. The molecule has 0 heterocycles. The molecule has 1 fully saturated rings. The summed E-state index contributed by atoms with van der Waals surface area (Å²) in [5, 5.41) is 9.39. The van der Waals surface area contributed by atoms with Crippen LogP contribution in [-0.4, -0.2) is 31.9 Å². The zero-order chi connectivity index (χ0) is 10.6. The first-order chi connectivity index (χ1) is 6.53. The lowest BCUT2D eigenvalue weighted by Gasteiger charge is -2.25. The van der Waals surface area contributed by atoms with Gasteiger partial charge in [0.05, 0.1) is 11.9 Å². The van der Waals surface area contributed by atoms with Crippen LogP contribution in [0.5, 0.6) is 0 Å². The van der Waals surface area contributed by atoms with Crippen LogP contribution in [0.2, 0.25) is 0 Å². The van der Waals surface area contributed by atoms with E-state index in [-0.39, 0.29) is 11.9 Å². The fourth-order valence-electron chi connectivity index (χ4n) is 1.79. The van der Waals surface area contributed by atoms with Gasteiger partial charge >= 0.3 is 0 Å². The average molecular weight is 221 g/mol. The standard InChI is InChI=1S/C9H19NO3S/c1-2-14(12,13)10-7-8-4-3-5-9(11)6-8/h8-11H,2-7H2,1H3. The van der Waals surface area contributed by atoms with Crippen LogP contribution in [0.1, 0.15) is 32.6 Å². The Labute approximate surface area is 85.8 Å². The van der Waals surface area contributed by atoms with Crippen LogP contribution in [0, 0.1) is 5.92 Å². The van der Waals surface area contributed by atoms with Crippen LogP contribution in [0.4, 0.5) is 0 Å². The molecular weight excluding hydrogens is 202 g/mol. The number of rotatable bonds is 4. The molecular formula is C9H19NO3S.